The molecule has 0 aromatic rings. The van der Waals surface area contributed by atoms with Crippen molar-refractivity contribution in [2.45, 2.75) is 148 Å². The number of carbonyl (C=O) groups is 1. The van der Waals surface area contributed by atoms with Gasteiger partial charge in [-0.3, -0.25) is 10.1 Å². The van der Waals surface area contributed by atoms with Crippen LogP contribution in [0.2, 0.25) is 0 Å². The Morgan fingerprint density at radius 3 is 1.60 bits per heavy atom. The molecule has 0 aliphatic heterocycles. The number of unbranched alkanes of at least 4 members (excludes halogenated alkanes) is 15. The van der Waals surface area contributed by atoms with E-state index in [9.17, 15) is 15.0 Å². The smallest absolute Gasteiger partial charge is 0.323 e. The molecule has 0 aliphatic carbocycles. The van der Waals surface area contributed by atoms with E-state index in [1.165, 1.54) is 89.9 Å². The number of rotatable bonds is 25. The number of aliphatic carboxylic acids is 1. The van der Waals surface area contributed by atoms with Gasteiger partial charge in [0, 0.05) is 13.2 Å². The lowest BCUT2D eigenvalue weighted by Gasteiger charge is -2.23. The van der Waals surface area contributed by atoms with Gasteiger partial charge in [0.15, 0.2) is 0 Å². The van der Waals surface area contributed by atoms with Crippen molar-refractivity contribution < 1.29 is 24.5 Å². The number of carboxylic acid groups (broad SMARTS) is 1. The maximum atomic E-state index is 11.3. The van der Waals surface area contributed by atoms with Gasteiger partial charge in [-0.1, -0.05) is 103 Å². The number of carboxylic acids is 1. The molecule has 212 valence electrons. The first-order valence-corrected chi connectivity index (χ1v) is 14.1. The molecule has 7 heteroatoms. The molecule has 0 aromatic carbocycles. The highest BCUT2D eigenvalue weighted by molar-refractivity contribution is 5.85. The molecule has 0 aromatic heterocycles. The van der Waals surface area contributed by atoms with E-state index in [2.05, 4.69) is 12.2 Å². The number of aliphatic hydroxyl groups excluding tert-OH is 1. The Labute approximate surface area is 222 Å². The predicted octanol–water partition coefficient (Wildman–Crippen LogP) is 6.91. The van der Waals surface area contributed by atoms with Crippen molar-refractivity contribution in [3.8, 4) is 0 Å². The monoisotopic (exact) mass is 523 g/mol. The van der Waals surface area contributed by atoms with Crippen LogP contribution in [-0.4, -0.2) is 60.3 Å². The number of halogens is 1. The van der Waals surface area contributed by atoms with Crippen LogP contribution in [-0.2, 0) is 14.3 Å². The SMILES string of the molecule is CCCCCCCCCCCCCCCCCCOCC(O)CNC(COC(C)(C)C)C(=O)O.Cl. The van der Waals surface area contributed by atoms with Crippen LogP contribution in [0, 0.1) is 0 Å². The van der Waals surface area contributed by atoms with Gasteiger partial charge < -0.3 is 19.7 Å². The molecule has 2 atom stereocenters. The van der Waals surface area contributed by atoms with Crippen molar-refractivity contribution in [2.75, 3.05) is 26.4 Å². The fraction of sp³-hybridized carbons (Fsp3) is 0.964. The molecule has 0 aliphatic rings. The summed E-state index contributed by atoms with van der Waals surface area (Å²) in [5.41, 5.74) is -0.399. The van der Waals surface area contributed by atoms with Crippen LogP contribution >= 0.6 is 12.4 Å². The summed E-state index contributed by atoms with van der Waals surface area (Å²) in [5.74, 6) is -0.981. The minimum absolute atomic E-state index is 0. The first-order chi connectivity index (χ1) is 16.3. The quantitative estimate of drug-likeness (QED) is 0.113. The zero-order valence-electron chi connectivity index (χ0n) is 23.3. The highest BCUT2D eigenvalue weighted by Gasteiger charge is 2.21. The Balaban J connectivity index is 0. The van der Waals surface area contributed by atoms with Gasteiger partial charge in [-0.2, -0.15) is 0 Å². The van der Waals surface area contributed by atoms with Gasteiger partial charge in [-0.05, 0) is 27.2 Å². The van der Waals surface area contributed by atoms with E-state index in [0.29, 0.717) is 6.61 Å². The summed E-state index contributed by atoms with van der Waals surface area (Å²) < 4.78 is 11.1. The standard InChI is InChI=1S/C28H57NO5.ClH/c1-5-6-7-8-9-10-11-12-13-14-15-16-17-18-19-20-21-33-23-25(30)22-29-26(27(31)32)24-34-28(2,3)4;/h25-26,29-30H,5-24H2,1-4H3,(H,31,32);1H. The van der Waals surface area contributed by atoms with E-state index in [4.69, 9.17) is 9.47 Å². The van der Waals surface area contributed by atoms with E-state index in [1.54, 1.807) is 0 Å². The van der Waals surface area contributed by atoms with E-state index in [0.717, 1.165) is 12.8 Å². The van der Waals surface area contributed by atoms with Crippen LogP contribution < -0.4 is 5.32 Å². The Hall–Kier alpha value is -0.400. The van der Waals surface area contributed by atoms with E-state index in [1.807, 2.05) is 20.8 Å². The zero-order valence-corrected chi connectivity index (χ0v) is 24.1. The third-order valence-electron chi connectivity index (χ3n) is 6.03. The molecule has 0 heterocycles. The molecule has 0 bridgehead atoms. The van der Waals surface area contributed by atoms with Crippen molar-refractivity contribution in [3.63, 3.8) is 0 Å². The van der Waals surface area contributed by atoms with Gasteiger partial charge in [-0.15, -0.1) is 12.4 Å². The Morgan fingerprint density at radius 2 is 1.20 bits per heavy atom. The number of ether oxygens (including phenoxy) is 2. The van der Waals surface area contributed by atoms with Crippen molar-refractivity contribution >= 4 is 18.4 Å². The van der Waals surface area contributed by atoms with Crippen LogP contribution in [0.15, 0.2) is 0 Å². The molecule has 0 spiro atoms. The summed E-state index contributed by atoms with van der Waals surface area (Å²) in [6.07, 6.45) is 20.8. The molecular formula is C28H58ClNO5. The van der Waals surface area contributed by atoms with Crippen LogP contribution in [0.5, 0.6) is 0 Å². The summed E-state index contributed by atoms with van der Waals surface area (Å²) >= 11 is 0. The third kappa shape index (κ3) is 28.0. The summed E-state index contributed by atoms with van der Waals surface area (Å²) in [5, 5.41) is 22.1. The number of hydrogen-bond acceptors (Lipinski definition) is 5. The van der Waals surface area contributed by atoms with Crippen molar-refractivity contribution in [1.82, 2.24) is 5.32 Å². The zero-order chi connectivity index (χ0) is 25.5. The topological polar surface area (TPSA) is 88.0 Å². The van der Waals surface area contributed by atoms with E-state index in [-0.39, 0.29) is 32.2 Å². The number of nitrogens with one attached hydrogen (secondary N) is 1. The Kier molecular flexibility index (Phi) is 26.5. The normalized spacial score (nSPS) is 13.4. The van der Waals surface area contributed by atoms with Crippen LogP contribution in [0.4, 0.5) is 0 Å². The van der Waals surface area contributed by atoms with Gasteiger partial charge >= 0.3 is 5.97 Å². The summed E-state index contributed by atoms with van der Waals surface area (Å²) in [6, 6.07) is -0.839. The van der Waals surface area contributed by atoms with E-state index >= 15 is 0 Å². The largest absolute Gasteiger partial charge is 0.480 e. The molecule has 0 fully saturated rings. The van der Waals surface area contributed by atoms with Crippen molar-refractivity contribution in [3.05, 3.63) is 0 Å². The van der Waals surface area contributed by atoms with E-state index < -0.39 is 23.7 Å². The predicted molar refractivity (Wildman–Crippen MR) is 149 cm³/mol. The number of aliphatic hydroxyl groups is 1. The van der Waals surface area contributed by atoms with Crippen LogP contribution in [0.1, 0.15) is 130 Å². The molecular weight excluding hydrogens is 466 g/mol. The molecule has 35 heavy (non-hydrogen) atoms. The maximum Gasteiger partial charge on any atom is 0.323 e. The number of hydrogen-bond donors (Lipinski definition) is 3. The minimum Gasteiger partial charge on any atom is -0.480 e. The highest BCUT2D eigenvalue weighted by Crippen LogP contribution is 2.13. The average Bonchev–Trinajstić information content (AvgIpc) is 2.77. The van der Waals surface area contributed by atoms with Gasteiger partial charge in [0.1, 0.15) is 6.04 Å². The minimum atomic E-state index is -0.981. The molecule has 0 saturated carbocycles. The molecule has 2 unspecified atom stereocenters. The fourth-order valence-electron chi connectivity index (χ4n) is 3.86. The van der Waals surface area contributed by atoms with Gasteiger partial charge in [0.05, 0.1) is 24.9 Å². The lowest BCUT2D eigenvalue weighted by Crippen LogP contribution is -2.46. The van der Waals surface area contributed by atoms with Gasteiger partial charge in [0.25, 0.3) is 0 Å². The summed E-state index contributed by atoms with van der Waals surface area (Å²) in [7, 11) is 0. The molecule has 3 N–H and O–H groups in total. The highest BCUT2D eigenvalue weighted by atomic mass is 35.5. The maximum absolute atomic E-state index is 11.3. The lowest BCUT2D eigenvalue weighted by atomic mass is 10.0. The second-order valence-electron chi connectivity index (χ2n) is 10.8. The van der Waals surface area contributed by atoms with Gasteiger partial charge in [0.2, 0.25) is 0 Å². The first kappa shape index (κ1) is 36.8. The summed E-state index contributed by atoms with van der Waals surface area (Å²) in [6.45, 7) is 9.02. The second-order valence-corrected chi connectivity index (χ2v) is 10.8. The Morgan fingerprint density at radius 1 is 0.771 bits per heavy atom. The molecule has 0 rings (SSSR count). The lowest BCUT2D eigenvalue weighted by molar-refractivity contribution is -0.143. The molecule has 0 amide bonds. The van der Waals surface area contributed by atoms with Gasteiger partial charge in [-0.25, -0.2) is 0 Å². The molecule has 0 saturated heterocycles. The first-order valence-electron chi connectivity index (χ1n) is 14.1. The van der Waals surface area contributed by atoms with Crippen LogP contribution in [0.3, 0.4) is 0 Å². The third-order valence-corrected chi connectivity index (χ3v) is 6.03. The average molecular weight is 524 g/mol. The summed E-state index contributed by atoms with van der Waals surface area (Å²) in [4.78, 5) is 11.3. The second kappa shape index (κ2) is 25.3. The molecule has 0 radical (unpaired) electrons. The van der Waals surface area contributed by atoms with Crippen molar-refractivity contribution in [2.24, 2.45) is 0 Å². The molecule has 6 nitrogen and oxygen atoms in total. The Bertz CT molecular complexity index is 459. The van der Waals surface area contributed by atoms with Crippen molar-refractivity contribution in [1.29, 1.82) is 0 Å². The fourth-order valence-corrected chi connectivity index (χ4v) is 3.86. The van der Waals surface area contributed by atoms with Crippen LogP contribution in [0.25, 0.3) is 0 Å².